The van der Waals surface area contributed by atoms with Crippen molar-refractivity contribution in [2.24, 2.45) is 7.05 Å². The van der Waals surface area contributed by atoms with Crippen LogP contribution in [0.1, 0.15) is 19.3 Å². The van der Waals surface area contributed by atoms with Crippen molar-refractivity contribution in [2.45, 2.75) is 25.3 Å². The Balaban J connectivity index is 1.85. The fourth-order valence-corrected chi connectivity index (χ4v) is 1.99. The first kappa shape index (κ1) is 11.1. The predicted molar refractivity (Wildman–Crippen MR) is 63.6 cm³/mol. The first-order chi connectivity index (χ1) is 7.77. The Kier molecular flexibility index (Phi) is 3.56. The van der Waals surface area contributed by atoms with Crippen molar-refractivity contribution in [3.05, 3.63) is 22.7 Å². The molecule has 0 unspecified atom stereocenters. The largest absolute Gasteiger partial charge is 0.365 e. The lowest BCUT2D eigenvalue weighted by atomic mass is 10.1. The van der Waals surface area contributed by atoms with Gasteiger partial charge in [0.1, 0.15) is 0 Å². The summed E-state index contributed by atoms with van der Waals surface area (Å²) in [6, 6.07) is 0.597. The topological polar surface area (TPSA) is 59.0 Å². The van der Waals surface area contributed by atoms with Crippen LogP contribution in [0, 0.1) is 0 Å². The minimum Gasteiger partial charge on any atom is -0.365 e. The van der Waals surface area contributed by atoms with E-state index in [1.807, 2.05) is 0 Å². The molecule has 2 heterocycles. The van der Waals surface area contributed by atoms with E-state index < -0.39 is 0 Å². The summed E-state index contributed by atoms with van der Waals surface area (Å²) in [6.45, 7) is 1.92. The quantitative estimate of drug-likeness (QED) is 0.771. The van der Waals surface area contributed by atoms with E-state index in [0.717, 1.165) is 19.5 Å². The van der Waals surface area contributed by atoms with E-state index in [2.05, 4.69) is 15.6 Å². The summed E-state index contributed by atoms with van der Waals surface area (Å²) in [7, 11) is 1.73. The summed E-state index contributed by atoms with van der Waals surface area (Å²) in [4.78, 5) is 15.7. The third-order valence-electron chi connectivity index (χ3n) is 2.96. The first-order valence-corrected chi connectivity index (χ1v) is 5.76. The molecule has 0 aliphatic carbocycles. The Morgan fingerprint density at radius 1 is 1.69 bits per heavy atom. The molecule has 5 nitrogen and oxygen atoms in total. The van der Waals surface area contributed by atoms with Gasteiger partial charge < -0.3 is 15.2 Å². The van der Waals surface area contributed by atoms with Crippen LogP contribution in [-0.2, 0) is 7.05 Å². The highest BCUT2D eigenvalue weighted by atomic mass is 16.1. The fourth-order valence-electron chi connectivity index (χ4n) is 1.99. The van der Waals surface area contributed by atoms with Crippen LogP contribution in [0.5, 0.6) is 0 Å². The summed E-state index contributed by atoms with van der Waals surface area (Å²) in [5, 5.41) is 6.52. The normalized spacial score (nSPS) is 19.9. The highest BCUT2D eigenvalue weighted by molar-refractivity contribution is 5.30. The van der Waals surface area contributed by atoms with Gasteiger partial charge in [-0.1, -0.05) is 0 Å². The van der Waals surface area contributed by atoms with Gasteiger partial charge in [-0.25, -0.2) is 4.98 Å². The lowest BCUT2D eigenvalue weighted by Crippen LogP contribution is -2.27. The summed E-state index contributed by atoms with van der Waals surface area (Å²) in [6.07, 6.45) is 6.83. The molecule has 88 valence electrons. The molecule has 0 bridgehead atoms. The number of hydrogen-bond acceptors (Lipinski definition) is 4. The van der Waals surface area contributed by atoms with E-state index in [0.29, 0.717) is 11.9 Å². The maximum atomic E-state index is 11.6. The first-order valence-electron chi connectivity index (χ1n) is 5.76. The molecule has 0 radical (unpaired) electrons. The van der Waals surface area contributed by atoms with Crippen LogP contribution in [0.3, 0.4) is 0 Å². The zero-order valence-corrected chi connectivity index (χ0v) is 9.57. The third kappa shape index (κ3) is 2.61. The van der Waals surface area contributed by atoms with Gasteiger partial charge in [-0.3, -0.25) is 4.79 Å². The molecule has 2 N–H and O–H groups in total. The van der Waals surface area contributed by atoms with E-state index >= 15 is 0 Å². The molecule has 16 heavy (non-hydrogen) atoms. The number of nitrogens with one attached hydrogen (secondary N) is 2. The second-order valence-electron chi connectivity index (χ2n) is 4.20. The minimum atomic E-state index is -0.0677. The average molecular weight is 222 g/mol. The van der Waals surface area contributed by atoms with Crippen LogP contribution in [0.15, 0.2) is 17.2 Å². The molecule has 1 aromatic heterocycles. The molecule has 1 aliphatic rings. The molecule has 2 rings (SSSR count). The SMILES string of the molecule is Cn1ccnc(NCC[C@H]2CCCN2)c1=O. The van der Waals surface area contributed by atoms with Crippen LogP contribution in [0.4, 0.5) is 5.82 Å². The predicted octanol–water partition coefficient (Wildman–Crippen LogP) is 0.334. The summed E-state index contributed by atoms with van der Waals surface area (Å²) in [5.74, 6) is 0.447. The fraction of sp³-hybridized carbons (Fsp3) is 0.636. The molecule has 0 aromatic carbocycles. The van der Waals surface area contributed by atoms with Crippen LogP contribution in [-0.4, -0.2) is 28.7 Å². The Morgan fingerprint density at radius 2 is 2.56 bits per heavy atom. The van der Waals surface area contributed by atoms with Crippen LogP contribution < -0.4 is 16.2 Å². The number of nitrogens with zero attached hydrogens (tertiary/aromatic N) is 2. The van der Waals surface area contributed by atoms with E-state index in [9.17, 15) is 4.79 Å². The Bertz CT molecular complexity index is 395. The molecule has 0 spiro atoms. The van der Waals surface area contributed by atoms with Crippen LogP contribution in [0.25, 0.3) is 0 Å². The van der Waals surface area contributed by atoms with Crippen LogP contribution >= 0.6 is 0 Å². The molecule has 1 fully saturated rings. The summed E-state index contributed by atoms with van der Waals surface area (Å²) >= 11 is 0. The molecule has 5 heteroatoms. The third-order valence-corrected chi connectivity index (χ3v) is 2.96. The van der Waals surface area contributed by atoms with Gasteiger partial charge in [0.2, 0.25) is 0 Å². The monoisotopic (exact) mass is 222 g/mol. The molecule has 1 aliphatic heterocycles. The van der Waals surface area contributed by atoms with E-state index in [1.165, 1.54) is 17.4 Å². The zero-order chi connectivity index (χ0) is 11.4. The summed E-state index contributed by atoms with van der Waals surface area (Å²) < 4.78 is 1.53. The highest BCUT2D eigenvalue weighted by Crippen LogP contribution is 2.08. The minimum absolute atomic E-state index is 0.0677. The molecule has 0 amide bonds. The second kappa shape index (κ2) is 5.12. The molecular formula is C11H18N4O. The number of aromatic nitrogens is 2. The van der Waals surface area contributed by atoms with Gasteiger partial charge in [0.05, 0.1) is 0 Å². The van der Waals surface area contributed by atoms with Gasteiger partial charge in [0.15, 0.2) is 5.82 Å². The molecule has 1 atom stereocenters. The Hall–Kier alpha value is -1.36. The van der Waals surface area contributed by atoms with Gasteiger partial charge in [0, 0.05) is 32.0 Å². The van der Waals surface area contributed by atoms with Gasteiger partial charge in [-0.15, -0.1) is 0 Å². The molecule has 1 saturated heterocycles. The zero-order valence-electron chi connectivity index (χ0n) is 9.57. The van der Waals surface area contributed by atoms with Gasteiger partial charge in [-0.05, 0) is 25.8 Å². The van der Waals surface area contributed by atoms with Crippen molar-refractivity contribution in [1.29, 1.82) is 0 Å². The van der Waals surface area contributed by atoms with E-state index in [1.54, 1.807) is 19.4 Å². The number of hydrogen-bond donors (Lipinski definition) is 2. The van der Waals surface area contributed by atoms with E-state index in [-0.39, 0.29) is 5.56 Å². The summed E-state index contributed by atoms with van der Waals surface area (Å²) in [5.41, 5.74) is -0.0677. The second-order valence-corrected chi connectivity index (χ2v) is 4.20. The van der Waals surface area contributed by atoms with Crippen molar-refractivity contribution >= 4 is 5.82 Å². The highest BCUT2D eigenvalue weighted by Gasteiger charge is 2.13. The molecular weight excluding hydrogens is 204 g/mol. The maximum absolute atomic E-state index is 11.6. The van der Waals surface area contributed by atoms with Gasteiger partial charge >= 0.3 is 0 Å². The van der Waals surface area contributed by atoms with Gasteiger partial charge in [-0.2, -0.15) is 0 Å². The molecule has 0 saturated carbocycles. The Labute approximate surface area is 94.9 Å². The van der Waals surface area contributed by atoms with Crippen molar-refractivity contribution in [3.8, 4) is 0 Å². The van der Waals surface area contributed by atoms with Crippen molar-refractivity contribution in [3.63, 3.8) is 0 Å². The Morgan fingerprint density at radius 3 is 3.31 bits per heavy atom. The maximum Gasteiger partial charge on any atom is 0.293 e. The lowest BCUT2D eigenvalue weighted by Gasteiger charge is -2.10. The average Bonchev–Trinajstić information content (AvgIpc) is 2.77. The van der Waals surface area contributed by atoms with Crippen molar-refractivity contribution in [2.75, 3.05) is 18.4 Å². The smallest absolute Gasteiger partial charge is 0.293 e. The van der Waals surface area contributed by atoms with Crippen molar-refractivity contribution < 1.29 is 0 Å². The number of aryl methyl sites for hydroxylation is 1. The molecule has 1 aromatic rings. The number of anilines is 1. The standard InChI is InChI=1S/C11H18N4O/c1-15-8-7-14-10(11(15)16)13-6-4-9-3-2-5-12-9/h7-9,12H,2-6H2,1H3,(H,13,14)/t9-/m1/s1. The van der Waals surface area contributed by atoms with Gasteiger partial charge in [0.25, 0.3) is 5.56 Å². The van der Waals surface area contributed by atoms with E-state index in [4.69, 9.17) is 0 Å². The van der Waals surface area contributed by atoms with Crippen molar-refractivity contribution in [1.82, 2.24) is 14.9 Å². The van der Waals surface area contributed by atoms with Crippen LogP contribution in [0.2, 0.25) is 0 Å². The number of rotatable bonds is 4. The lowest BCUT2D eigenvalue weighted by molar-refractivity contribution is 0.573.